The number of urea groups is 1. The van der Waals surface area contributed by atoms with Crippen LogP contribution < -0.4 is 19.2 Å². The zero-order chi connectivity index (χ0) is 19.2. The van der Waals surface area contributed by atoms with Crippen LogP contribution in [0.25, 0.3) is 0 Å². The van der Waals surface area contributed by atoms with Gasteiger partial charge >= 0.3 is 16.2 Å². The summed E-state index contributed by atoms with van der Waals surface area (Å²) in [6.45, 7) is 0. The van der Waals surface area contributed by atoms with E-state index in [1.165, 1.54) is 38.4 Å². The lowest BCUT2D eigenvalue weighted by atomic mass is 10.2. The number of nitrogens with one attached hydrogen (secondary N) is 2. The van der Waals surface area contributed by atoms with Crippen LogP contribution in [0.15, 0.2) is 30.3 Å². The van der Waals surface area contributed by atoms with Gasteiger partial charge in [-0.05, 0) is 24.3 Å². The maximum Gasteiger partial charge on any atom is 0.326 e. The van der Waals surface area contributed by atoms with Crippen molar-refractivity contribution in [2.75, 3.05) is 33.3 Å². The number of hydrogen-bond acceptors (Lipinski definition) is 3. The summed E-state index contributed by atoms with van der Waals surface area (Å²) in [4.78, 5) is 12.1. The topological polar surface area (TPSA) is 81.8 Å². The molecule has 138 valence electrons. The maximum atomic E-state index is 14.3. The quantitative estimate of drug-likeness (QED) is 0.775. The lowest BCUT2D eigenvalue weighted by Crippen LogP contribution is -2.32. The van der Waals surface area contributed by atoms with E-state index in [0.29, 0.717) is 10.7 Å². The molecule has 2 aromatic carbocycles. The maximum absolute atomic E-state index is 14.3. The fourth-order valence-corrected chi connectivity index (χ4v) is 3.90. The number of benzene rings is 2. The molecule has 26 heavy (non-hydrogen) atoms. The van der Waals surface area contributed by atoms with E-state index in [-0.39, 0.29) is 22.1 Å². The van der Waals surface area contributed by atoms with Gasteiger partial charge < -0.3 is 10.6 Å². The number of rotatable bonds is 2. The Labute approximate surface area is 159 Å². The lowest BCUT2D eigenvalue weighted by molar-refractivity contribution is 0.262. The Morgan fingerprint density at radius 2 is 1.62 bits per heavy atom. The summed E-state index contributed by atoms with van der Waals surface area (Å²) in [6, 6.07) is 6.05. The first kappa shape index (κ1) is 18.6. The number of hydrogen-bond donors (Lipinski definition) is 2. The molecule has 0 radical (unpaired) electrons. The highest BCUT2D eigenvalue weighted by Gasteiger charge is 2.36. The van der Waals surface area contributed by atoms with Crippen molar-refractivity contribution in [1.29, 1.82) is 0 Å². The molecule has 0 atom stereocenters. The predicted molar refractivity (Wildman–Crippen MR) is 101 cm³/mol. The average Bonchev–Trinajstić information content (AvgIpc) is 2.72. The molecule has 0 bridgehead atoms. The molecule has 0 spiro atoms. The van der Waals surface area contributed by atoms with E-state index in [1.807, 2.05) is 0 Å². The molecule has 2 aromatic rings. The van der Waals surface area contributed by atoms with Crippen molar-refractivity contribution in [2.24, 2.45) is 0 Å². The Bertz CT molecular complexity index is 1020. The number of fused-ring (bicyclic) bond motifs is 1. The van der Waals surface area contributed by atoms with Crippen LogP contribution in [-0.2, 0) is 10.2 Å². The van der Waals surface area contributed by atoms with Gasteiger partial charge in [0.25, 0.3) is 0 Å². The monoisotopic (exact) mass is 418 g/mol. The number of amides is 2. The zero-order valence-corrected chi connectivity index (χ0v) is 15.9. The molecule has 3 rings (SSSR count). The molecule has 0 unspecified atom stereocenters. The van der Waals surface area contributed by atoms with E-state index in [2.05, 4.69) is 10.6 Å². The second-order valence-corrected chi connectivity index (χ2v) is 8.28. The van der Waals surface area contributed by atoms with Crippen LogP contribution in [0.4, 0.5) is 31.9 Å². The van der Waals surface area contributed by atoms with Gasteiger partial charge in [0.05, 0.1) is 27.1 Å². The molecule has 0 saturated heterocycles. The van der Waals surface area contributed by atoms with Gasteiger partial charge in [-0.25, -0.2) is 9.18 Å². The van der Waals surface area contributed by atoms with Crippen molar-refractivity contribution in [2.45, 2.75) is 0 Å². The molecule has 1 aliphatic heterocycles. The molecule has 7 nitrogen and oxygen atoms in total. The van der Waals surface area contributed by atoms with Gasteiger partial charge in [0.2, 0.25) is 0 Å². The Balaban J connectivity index is 1.84. The summed E-state index contributed by atoms with van der Waals surface area (Å²) in [5.41, 5.74) is 0.621. The smallest absolute Gasteiger partial charge is 0.308 e. The fourth-order valence-electron chi connectivity index (χ4n) is 2.44. The molecule has 0 saturated carbocycles. The van der Waals surface area contributed by atoms with Crippen molar-refractivity contribution in [3.63, 3.8) is 0 Å². The third-order valence-electron chi connectivity index (χ3n) is 3.86. The van der Waals surface area contributed by atoms with Gasteiger partial charge in [-0.2, -0.15) is 8.42 Å². The molecule has 0 fully saturated rings. The van der Waals surface area contributed by atoms with Gasteiger partial charge in [0, 0.05) is 25.8 Å². The fraction of sp³-hybridized carbons (Fsp3) is 0.133. The molecule has 0 aromatic heterocycles. The van der Waals surface area contributed by atoms with Crippen molar-refractivity contribution in [3.05, 3.63) is 46.2 Å². The number of halogens is 3. The van der Waals surface area contributed by atoms with E-state index in [4.69, 9.17) is 23.2 Å². The van der Waals surface area contributed by atoms with E-state index < -0.39 is 22.1 Å². The van der Waals surface area contributed by atoms with Gasteiger partial charge in [-0.1, -0.05) is 23.2 Å². The lowest BCUT2D eigenvalue weighted by Gasteiger charge is -2.13. The first-order chi connectivity index (χ1) is 12.1. The third-order valence-corrected chi connectivity index (χ3v) is 6.38. The molecule has 1 aliphatic rings. The van der Waals surface area contributed by atoms with Crippen LogP contribution in [0.5, 0.6) is 0 Å². The Morgan fingerprint density at radius 1 is 1.00 bits per heavy atom. The van der Waals surface area contributed by atoms with E-state index in [0.717, 1.165) is 14.7 Å². The van der Waals surface area contributed by atoms with Crippen LogP contribution in [-0.4, -0.2) is 28.5 Å². The van der Waals surface area contributed by atoms with E-state index in [9.17, 15) is 17.6 Å². The summed E-state index contributed by atoms with van der Waals surface area (Å²) < 4.78 is 40.5. The number of carbonyl (C=O) groups is 1. The predicted octanol–water partition coefficient (Wildman–Crippen LogP) is 3.91. The minimum absolute atomic E-state index is 0.168. The summed E-state index contributed by atoms with van der Waals surface area (Å²) in [5.74, 6) is -0.773. The second-order valence-electron chi connectivity index (χ2n) is 5.47. The zero-order valence-electron chi connectivity index (χ0n) is 13.5. The first-order valence-corrected chi connectivity index (χ1v) is 9.36. The second kappa shape index (κ2) is 6.49. The molecule has 2 amide bonds. The van der Waals surface area contributed by atoms with Gasteiger partial charge in [-0.3, -0.25) is 8.61 Å². The summed E-state index contributed by atoms with van der Waals surface area (Å²) in [6.07, 6.45) is 0. The van der Waals surface area contributed by atoms with Crippen molar-refractivity contribution >= 4 is 62.2 Å². The molecular weight excluding hydrogens is 406 g/mol. The minimum atomic E-state index is -3.74. The van der Waals surface area contributed by atoms with Crippen LogP contribution in [0, 0.1) is 5.82 Å². The summed E-state index contributed by atoms with van der Waals surface area (Å²) in [7, 11) is -1.07. The number of nitrogens with zero attached hydrogens (tertiary/aromatic N) is 2. The SMILES string of the molecule is CN1c2cc(F)c(NC(=O)Nc3ccc(Cl)c(Cl)c3)cc2N(C)S1(=O)=O. The number of anilines is 4. The average molecular weight is 419 g/mol. The van der Waals surface area contributed by atoms with Crippen molar-refractivity contribution in [1.82, 2.24) is 0 Å². The van der Waals surface area contributed by atoms with Gasteiger partial charge in [0.1, 0.15) is 5.82 Å². The van der Waals surface area contributed by atoms with Gasteiger partial charge in [0.15, 0.2) is 0 Å². The molecular formula is C15H13Cl2FN4O3S. The minimum Gasteiger partial charge on any atom is -0.308 e. The standard InChI is InChI=1S/C15H13Cl2FN4O3S/c1-21-13-6-11(18)12(7-14(13)22(2)26(21,24)25)20-15(23)19-8-3-4-9(16)10(17)5-8/h3-7H,1-2H3,(H2,19,20,23). The first-order valence-electron chi connectivity index (χ1n) is 7.20. The van der Waals surface area contributed by atoms with Crippen LogP contribution >= 0.6 is 23.2 Å². The van der Waals surface area contributed by atoms with Crippen LogP contribution in [0.1, 0.15) is 0 Å². The Hall–Kier alpha value is -2.23. The van der Waals surface area contributed by atoms with Crippen molar-refractivity contribution in [3.8, 4) is 0 Å². The van der Waals surface area contributed by atoms with Crippen LogP contribution in [0.3, 0.4) is 0 Å². The Kier molecular flexibility index (Phi) is 4.63. The summed E-state index contributed by atoms with van der Waals surface area (Å²) in [5, 5.41) is 5.41. The number of carbonyl (C=O) groups excluding carboxylic acids is 1. The highest BCUT2D eigenvalue weighted by atomic mass is 35.5. The molecule has 11 heteroatoms. The highest BCUT2D eigenvalue weighted by molar-refractivity contribution is 7.94. The van der Waals surface area contributed by atoms with Crippen molar-refractivity contribution < 1.29 is 17.6 Å². The van der Waals surface area contributed by atoms with E-state index in [1.54, 1.807) is 0 Å². The third kappa shape index (κ3) is 3.13. The molecule has 0 aliphatic carbocycles. The highest BCUT2D eigenvalue weighted by Crippen LogP contribution is 2.41. The summed E-state index contributed by atoms with van der Waals surface area (Å²) >= 11 is 11.7. The normalized spacial score (nSPS) is 15.0. The van der Waals surface area contributed by atoms with Gasteiger partial charge in [-0.15, -0.1) is 0 Å². The Morgan fingerprint density at radius 3 is 2.23 bits per heavy atom. The molecule has 2 N–H and O–H groups in total. The molecule has 1 heterocycles. The van der Waals surface area contributed by atoms with Crippen LogP contribution in [0.2, 0.25) is 10.0 Å². The largest absolute Gasteiger partial charge is 0.326 e. The van der Waals surface area contributed by atoms with E-state index >= 15 is 0 Å².